The lowest BCUT2D eigenvalue weighted by molar-refractivity contribution is 0.440. The summed E-state index contributed by atoms with van der Waals surface area (Å²) >= 11 is 0. The molecule has 0 saturated heterocycles. The molecule has 2 N–H and O–H groups in total. The third kappa shape index (κ3) is 3.25. The van der Waals surface area contributed by atoms with Crippen LogP contribution in [0.15, 0.2) is 0 Å². The molecule has 13 heavy (non-hydrogen) atoms. The highest BCUT2D eigenvalue weighted by atomic mass is 32.2. The Bertz CT molecular complexity index is 241. The molecule has 0 aromatic rings. The predicted octanol–water partition coefficient (Wildman–Crippen LogP) is 0.395. The highest BCUT2D eigenvalue weighted by molar-refractivity contribution is 7.90. The Morgan fingerprint density at radius 3 is 2.08 bits per heavy atom. The van der Waals surface area contributed by atoms with Crippen LogP contribution in [0.1, 0.15) is 27.2 Å². The number of hydrogen-bond acceptors (Lipinski definition) is 3. The van der Waals surface area contributed by atoms with Crippen molar-refractivity contribution in [2.75, 3.05) is 20.1 Å². The van der Waals surface area contributed by atoms with Gasteiger partial charge in [-0.2, -0.15) is 0 Å². The van der Waals surface area contributed by atoms with E-state index in [-0.39, 0.29) is 0 Å². The second-order valence-corrected chi connectivity index (χ2v) is 6.88. The Balaban J connectivity index is 4.48. The minimum Gasteiger partial charge on any atom is -0.330 e. The van der Waals surface area contributed by atoms with E-state index in [2.05, 4.69) is 0 Å². The lowest BCUT2D eigenvalue weighted by Crippen LogP contribution is -2.41. The summed E-state index contributed by atoms with van der Waals surface area (Å²) in [7, 11) is -1.58. The molecule has 0 aliphatic carbocycles. The summed E-state index contributed by atoms with van der Waals surface area (Å²) in [5.41, 5.74) is 5.31. The molecular weight excluding hydrogens is 188 g/mol. The maximum Gasteiger partial charge on any atom is 0.218 e. The van der Waals surface area contributed by atoms with Crippen molar-refractivity contribution in [2.24, 2.45) is 5.73 Å². The van der Waals surface area contributed by atoms with E-state index >= 15 is 0 Å². The molecule has 4 nitrogen and oxygen atoms in total. The van der Waals surface area contributed by atoms with E-state index in [1.807, 2.05) is 0 Å². The first-order valence-electron chi connectivity index (χ1n) is 4.39. The topological polar surface area (TPSA) is 63.4 Å². The van der Waals surface area contributed by atoms with Crippen LogP contribution in [0.3, 0.4) is 0 Å². The molecule has 80 valence electrons. The minimum atomic E-state index is -3.17. The highest BCUT2D eigenvalue weighted by Crippen LogP contribution is 2.18. The molecule has 0 unspecified atom stereocenters. The Morgan fingerprint density at radius 2 is 1.77 bits per heavy atom. The van der Waals surface area contributed by atoms with Crippen LogP contribution >= 0.6 is 0 Å². The summed E-state index contributed by atoms with van der Waals surface area (Å²) < 4.78 is 24.1. The largest absolute Gasteiger partial charge is 0.330 e. The van der Waals surface area contributed by atoms with Crippen LogP contribution in [0.2, 0.25) is 0 Å². The van der Waals surface area contributed by atoms with Crippen LogP contribution in [0.25, 0.3) is 0 Å². The Labute approximate surface area is 81.2 Å². The van der Waals surface area contributed by atoms with E-state index in [0.29, 0.717) is 19.5 Å². The van der Waals surface area contributed by atoms with Crippen molar-refractivity contribution in [2.45, 2.75) is 31.9 Å². The average Bonchev–Trinajstić information content (AvgIpc) is 1.97. The van der Waals surface area contributed by atoms with Gasteiger partial charge in [-0.1, -0.05) is 0 Å². The fourth-order valence-corrected chi connectivity index (χ4v) is 2.21. The summed E-state index contributed by atoms with van der Waals surface area (Å²) in [4.78, 5) is 0. The molecule has 0 aliphatic heterocycles. The molecule has 0 atom stereocenters. The third-order valence-corrected chi connectivity index (χ3v) is 4.41. The second-order valence-electron chi connectivity index (χ2n) is 4.08. The molecule has 0 fully saturated rings. The zero-order valence-corrected chi connectivity index (χ0v) is 9.69. The fourth-order valence-electron chi connectivity index (χ4n) is 0.902. The van der Waals surface area contributed by atoms with Gasteiger partial charge in [0.1, 0.15) is 0 Å². The third-order valence-electron chi connectivity index (χ3n) is 1.86. The molecule has 0 bridgehead atoms. The zero-order valence-electron chi connectivity index (χ0n) is 8.87. The molecule has 0 amide bonds. The van der Waals surface area contributed by atoms with E-state index in [0.717, 1.165) is 0 Å². The van der Waals surface area contributed by atoms with Crippen LogP contribution in [0, 0.1) is 0 Å². The van der Waals surface area contributed by atoms with Crippen molar-refractivity contribution in [3.8, 4) is 0 Å². The Hall–Kier alpha value is -0.130. The number of sulfonamides is 1. The average molecular weight is 208 g/mol. The number of hydrogen-bond donors (Lipinski definition) is 1. The summed E-state index contributed by atoms with van der Waals surface area (Å²) in [5.74, 6) is 0. The van der Waals surface area contributed by atoms with Gasteiger partial charge in [0.2, 0.25) is 10.0 Å². The van der Waals surface area contributed by atoms with Gasteiger partial charge in [0.05, 0.1) is 4.75 Å². The molecule has 0 heterocycles. The van der Waals surface area contributed by atoms with Gasteiger partial charge >= 0.3 is 0 Å². The standard InChI is InChI=1S/C8H20N2O2S/c1-8(2,3)13(11,12)10(4)7-5-6-9/h5-7,9H2,1-4H3. The minimum absolute atomic E-state index is 0.496. The van der Waals surface area contributed by atoms with Crippen LogP contribution in [0.5, 0.6) is 0 Å². The van der Waals surface area contributed by atoms with E-state index in [1.165, 1.54) is 4.31 Å². The van der Waals surface area contributed by atoms with Crippen molar-refractivity contribution in [1.82, 2.24) is 4.31 Å². The summed E-state index contributed by atoms with van der Waals surface area (Å²) in [6.45, 7) is 6.10. The maximum absolute atomic E-state index is 11.7. The molecule has 0 saturated carbocycles. The van der Waals surface area contributed by atoms with Gasteiger partial charge in [-0.05, 0) is 33.7 Å². The summed E-state index contributed by atoms with van der Waals surface area (Å²) in [6.07, 6.45) is 0.700. The van der Waals surface area contributed by atoms with Gasteiger partial charge in [-0.25, -0.2) is 12.7 Å². The molecule has 0 radical (unpaired) electrons. The lowest BCUT2D eigenvalue weighted by Gasteiger charge is -2.26. The second kappa shape index (κ2) is 4.39. The molecule has 0 aromatic carbocycles. The van der Waals surface area contributed by atoms with Crippen LogP contribution < -0.4 is 5.73 Å². The van der Waals surface area contributed by atoms with Gasteiger partial charge in [-0.15, -0.1) is 0 Å². The molecule has 0 aromatic heterocycles. The van der Waals surface area contributed by atoms with Crippen LogP contribution in [-0.4, -0.2) is 37.6 Å². The van der Waals surface area contributed by atoms with Gasteiger partial charge in [0.25, 0.3) is 0 Å². The first-order chi connectivity index (χ1) is 5.73. The smallest absolute Gasteiger partial charge is 0.218 e. The quantitative estimate of drug-likeness (QED) is 0.727. The van der Waals surface area contributed by atoms with E-state index in [9.17, 15) is 8.42 Å². The predicted molar refractivity (Wildman–Crippen MR) is 55.0 cm³/mol. The van der Waals surface area contributed by atoms with Crippen LogP contribution in [0.4, 0.5) is 0 Å². The van der Waals surface area contributed by atoms with Gasteiger partial charge < -0.3 is 5.73 Å². The van der Waals surface area contributed by atoms with E-state index < -0.39 is 14.8 Å². The molecular formula is C8H20N2O2S. The molecule has 0 aliphatic rings. The zero-order chi connectivity index (χ0) is 10.7. The van der Waals surface area contributed by atoms with Gasteiger partial charge in [0, 0.05) is 13.6 Å². The molecule has 0 spiro atoms. The van der Waals surface area contributed by atoms with Crippen molar-refractivity contribution in [3.63, 3.8) is 0 Å². The number of rotatable bonds is 4. The first-order valence-corrected chi connectivity index (χ1v) is 5.83. The van der Waals surface area contributed by atoms with E-state index in [1.54, 1.807) is 27.8 Å². The number of nitrogens with two attached hydrogens (primary N) is 1. The SMILES string of the molecule is CN(CCCN)S(=O)(=O)C(C)(C)C. The summed E-state index contributed by atoms with van der Waals surface area (Å²) in [5, 5.41) is 0. The Kier molecular flexibility index (Phi) is 4.35. The monoisotopic (exact) mass is 208 g/mol. The highest BCUT2D eigenvalue weighted by Gasteiger charge is 2.32. The first kappa shape index (κ1) is 12.9. The van der Waals surface area contributed by atoms with Crippen molar-refractivity contribution < 1.29 is 8.42 Å². The van der Waals surface area contributed by atoms with Crippen LogP contribution in [-0.2, 0) is 10.0 Å². The fraction of sp³-hybridized carbons (Fsp3) is 1.00. The normalized spacial score (nSPS) is 13.7. The maximum atomic E-state index is 11.7. The lowest BCUT2D eigenvalue weighted by atomic mass is 10.3. The Morgan fingerprint density at radius 1 is 1.31 bits per heavy atom. The van der Waals surface area contributed by atoms with Crippen molar-refractivity contribution >= 4 is 10.0 Å². The molecule has 5 heteroatoms. The van der Waals surface area contributed by atoms with E-state index in [4.69, 9.17) is 5.73 Å². The van der Waals surface area contributed by atoms with Crippen molar-refractivity contribution in [3.05, 3.63) is 0 Å². The van der Waals surface area contributed by atoms with Gasteiger partial charge in [-0.3, -0.25) is 0 Å². The summed E-state index contributed by atoms with van der Waals surface area (Å²) in [6, 6.07) is 0. The number of nitrogens with zero attached hydrogens (tertiary/aromatic N) is 1. The van der Waals surface area contributed by atoms with Crippen molar-refractivity contribution in [1.29, 1.82) is 0 Å². The van der Waals surface area contributed by atoms with Gasteiger partial charge in [0.15, 0.2) is 0 Å². The molecule has 0 rings (SSSR count).